The van der Waals surface area contributed by atoms with Gasteiger partial charge in [0.1, 0.15) is 6.61 Å². The van der Waals surface area contributed by atoms with Crippen molar-refractivity contribution in [1.29, 1.82) is 0 Å². The molecule has 1 atom stereocenters. The van der Waals surface area contributed by atoms with Gasteiger partial charge in [-0.1, -0.05) is 12.1 Å². The summed E-state index contributed by atoms with van der Waals surface area (Å²) < 4.78 is 13.8. The molecule has 1 aromatic heterocycles. The number of rotatable bonds is 3. The molecule has 2 aliphatic heterocycles. The van der Waals surface area contributed by atoms with Crippen molar-refractivity contribution in [2.75, 3.05) is 26.2 Å². The molecule has 1 aromatic carbocycles. The molecule has 2 aromatic rings. The van der Waals surface area contributed by atoms with E-state index in [4.69, 9.17) is 9.47 Å². The second kappa shape index (κ2) is 7.09. The number of likely N-dealkylation sites (tertiary alicyclic amines) is 1. The van der Waals surface area contributed by atoms with Gasteiger partial charge in [0, 0.05) is 31.5 Å². The second-order valence-corrected chi connectivity index (χ2v) is 6.53. The second-order valence-electron chi connectivity index (χ2n) is 6.53. The topological polar surface area (TPSA) is 55.7 Å². The lowest BCUT2D eigenvalue weighted by Crippen LogP contribution is -2.48. The SMILES string of the molecule is O=C(NC[C@@H]1COc2ccccc2O1)N1CCC(n2cccc2)CC1. The molecule has 0 saturated carbocycles. The first-order chi connectivity index (χ1) is 12.3. The molecule has 132 valence electrons. The van der Waals surface area contributed by atoms with Crippen molar-refractivity contribution in [2.45, 2.75) is 25.0 Å². The number of aromatic nitrogens is 1. The highest BCUT2D eigenvalue weighted by Crippen LogP contribution is 2.30. The molecule has 1 fully saturated rings. The van der Waals surface area contributed by atoms with E-state index in [0.717, 1.165) is 37.4 Å². The maximum Gasteiger partial charge on any atom is 0.317 e. The van der Waals surface area contributed by atoms with E-state index in [9.17, 15) is 4.79 Å². The minimum atomic E-state index is -0.156. The van der Waals surface area contributed by atoms with Crippen LogP contribution < -0.4 is 14.8 Å². The number of carbonyl (C=O) groups is 1. The summed E-state index contributed by atoms with van der Waals surface area (Å²) in [6.07, 6.45) is 6.00. The standard InChI is InChI=1S/C19H23N3O3/c23-19(22-11-7-15(8-12-22)21-9-3-4-10-21)20-13-16-14-24-17-5-1-2-6-18(17)25-16/h1-6,9-10,15-16H,7-8,11-14H2,(H,20,23)/t16-/m1/s1. The molecule has 0 bridgehead atoms. The zero-order valence-electron chi connectivity index (χ0n) is 14.1. The van der Waals surface area contributed by atoms with E-state index in [0.29, 0.717) is 19.2 Å². The largest absolute Gasteiger partial charge is 0.486 e. The smallest absolute Gasteiger partial charge is 0.317 e. The first kappa shape index (κ1) is 15.9. The summed E-state index contributed by atoms with van der Waals surface area (Å²) in [6.45, 7) is 2.46. The summed E-state index contributed by atoms with van der Waals surface area (Å²) in [5.41, 5.74) is 0. The number of fused-ring (bicyclic) bond motifs is 1. The number of nitrogens with zero attached hydrogens (tertiary/aromatic N) is 2. The highest BCUT2D eigenvalue weighted by Gasteiger charge is 2.25. The van der Waals surface area contributed by atoms with Crippen molar-refractivity contribution in [1.82, 2.24) is 14.8 Å². The molecule has 2 amide bonds. The molecule has 3 heterocycles. The fourth-order valence-electron chi connectivity index (χ4n) is 3.43. The highest BCUT2D eigenvalue weighted by atomic mass is 16.6. The van der Waals surface area contributed by atoms with E-state index >= 15 is 0 Å². The highest BCUT2D eigenvalue weighted by molar-refractivity contribution is 5.74. The van der Waals surface area contributed by atoms with Crippen LogP contribution in [-0.4, -0.2) is 47.8 Å². The van der Waals surface area contributed by atoms with Gasteiger partial charge in [-0.25, -0.2) is 4.79 Å². The van der Waals surface area contributed by atoms with Crippen molar-refractivity contribution in [3.8, 4) is 11.5 Å². The third-order valence-electron chi connectivity index (χ3n) is 4.85. The lowest BCUT2D eigenvalue weighted by Gasteiger charge is -2.33. The van der Waals surface area contributed by atoms with Gasteiger partial charge in [-0.15, -0.1) is 0 Å². The summed E-state index contributed by atoms with van der Waals surface area (Å²) in [5.74, 6) is 1.50. The number of amides is 2. The molecule has 6 heteroatoms. The lowest BCUT2D eigenvalue weighted by molar-refractivity contribution is 0.0892. The quantitative estimate of drug-likeness (QED) is 0.934. The first-order valence-corrected chi connectivity index (χ1v) is 8.83. The molecule has 1 N–H and O–H groups in total. The Balaban J connectivity index is 1.24. The number of hydrogen-bond donors (Lipinski definition) is 1. The molecule has 2 aliphatic rings. The fourth-order valence-corrected chi connectivity index (χ4v) is 3.43. The Kier molecular flexibility index (Phi) is 4.50. The predicted octanol–water partition coefficient (Wildman–Crippen LogP) is 2.67. The van der Waals surface area contributed by atoms with Crippen molar-refractivity contribution < 1.29 is 14.3 Å². The van der Waals surface area contributed by atoms with Crippen LogP contribution in [-0.2, 0) is 0 Å². The molecule has 0 unspecified atom stereocenters. The van der Waals surface area contributed by atoms with E-state index in [2.05, 4.69) is 22.3 Å². The van der Waals surface area contributed by atoms with Gasteiger partial charge < -0.3 is 24.3 Å². The van der Waals surface area contributed by atoms with Crippen molar-refractivity contribution in [3.05, 3.63) is 48.8 Å². The van der Waals surface area contributed by atoms with E-state index < -0.39 is 0 Å². The van der Waals surface area contributed by atoms with Crippen LogP contribution in [0, 0.1) is 0 Å². The van der Waals surface area contributed by atoms with Gasteiger partial charge in [-0.2, -0.15) is 0 Å². The van der Waals surface area contributed by atoms with Gasteiger partial charge in [-0.05, 0) is 37.1 Å². The molecule has 0 aliphatic carbocycles. The van der Waals surface area contributed by atoms with Crippen LogP contribution in [0.2, 0.25) is 0 Å². The van der Waals surface area contributed by atoms with Gasteiger partial charge in [0.25, 0.3) is 0 Å². The fraction of sp³-hybridized carbons (Fsp3) is 0.421. The number of hydrogen-bond acceptors (Lipinski definition) is 3. The van der Waals surface area contributed by atoms with Gasteiger partial charge in [0.15, 0.2) is 17.6 Å². The normalized spacial score (nSPS) is 20.3. The Morgan fingerprint density at radius 1 is 1.08 bits per heavy atom. The average molecular weight is 341 g/mol. The number of para-hydroxylation sites is 2. The molecule has 0 radical (unpaired) electrons. The number of urea groups is 1. The van der Waals surface area contributed by atoms with E-state index in [1.807, 2.05) is 41.3 Å². The third-order valence-corrected chi connectivity index (χ3v) is 4.85. The van der Waals surface area contributed by atoms with Crippen LogP contribution >= 0.6 is 0 Å². The van der Waals surface area contributed by atoms with Gasteiger partial charge in [0.05, 0.1) is 6.54 Å². The molecular formula is C19H23N3O3. The van der Waals surface area contributed by atoms with Gasteiger partial charge in [-0.3, -0.25) is 0 Å². The Bertz CT molecular complexity index is 708. The predicted molar refractivity (Wildman–Crippen MR) is 94.0 cm³/mol. The average Bonchev–Trinajstić information content (AvgIpc) is 3.21. The van der Waals surface area contributed by atoms with E-state index in [-0.39, 0.29) is 12.1 Å². The third kappa shape index (κ3) is 3.57. The van der Waals surface area contributed by atoms with Crippen LogP contribution in [0.25, 0.3) is 0 Å². The molecule has 0 spiro atoms. The monoisotopic (exact) mass is 341 g/mol. The number of piperidine rings is 1. The van der Waals surface area contributed by atoms with Crippen molar-refractivity contribution in [2.24, 2.45) is 0 Å². The Morgan fingerprint density at radius 3 is 2.56 bits per heavy atom. The number of ether oxygens (including phenoxy) is 2. The summed E-state index contributed by atoms with van der Waals surface area (Å²) in [6, 6.07) is 12.2. The van der Waals surface area contributed by atoms with E-state index in [1.54, 1.807) is 0 Å². The zero-order chi connectivity index (χ0) is 17.1. The minimum absolute atomic E-state index is 0.0200. The first-order valence-electron chi connectivity index (χ1n) is 8.83. The Morgan fingerprint density at radius 2 is 1.80 bits per heavy atom. The summed E-state index contributed by atoms with van der Waals surface area (Å²) in [4.78, 5) is 14.3. The summed E-state index contributed by atoms with van der Waals surface area (Å²) >= 11 is 0. The maximum atomic E-state index is 12.4. The van der Waals surface area contributed by atoms with Gasteiger partial charge in [0.2, 0.25) is 0 Å². The van der Waals surface area contributed by atoms with Crippen LogP contribution in [0.1, 0.15) is 18.9 Å². The maximum absolute atomic E-state index is 12.4. The summed E-state index contributed by atoms with van der Waals surface area (Å²) in [5, 5.41) is 2.98. The molecule has 4 rings (SSSR count). The van der Waals surface area contributed by atoms with Crippen molar-refractivity contribution in [3.63, 3.8) is 0 Å². The Hall–Kier alpha value is -2.63. The van der Waals surface area contributed by atoms with Crippen LogP contribution in [0.3, 0.4) is 0 Å². The van der Waals surface area contributed by atoms with Crippen LogP contribution in [0.5, 0.6) is 11.5 Å². The number of carbonyl (C=O) groups excluding carboxylic acids is 1. The van der Waals surface area contributed by atoms with Gasteiger partial charge >= 0.3 is 6.03 Å². The van der Waals surface area contributed by atoms with Crippen molar-refractivity contribution >= 4 is 6.03 Å². The number of nitrogens with one attached hydrogen (secondary N) is 1. The zero-order valence-corrected chi connectivity index (χ0v) is 14.1. The number of benzene rings is 1. The van der Waals surface area contributed by atoms with Crippen LogP contribution in [0.15, 0.2) is 48.8 Å². The molecule has 6 nitrogen and oxygen atoms in total. The molecular weight excluding hydrogens is 318 g/mol. The van der Waals surface area contributed by atoms with E-state index in [1.165, 1.54) is 0 Å². The van der Waals surface area contributed by atoms with Crippen LogP contribution in [0.4, 0.5) is 4.79 Å². The lowest BCUT2D eigenvalue weighted by atomic mass is 10.1. The minimum Gasteiger partial charge on any atom is -0.486 e. The Labute approximate surface area is 147 Å². The summed E-state index contributed by atoms with van der Waals surface area (Å²) in [7, 11) is 0. The molecule has 25 heavy (non-hydrogen) atoms. The molecule has 1 saturated heterocycles.